The maximum atomic E-state index is 14.6. The van der Waals surface area contributed by atoms with Gasteiger partial charge in [0.2, 0.25) is 0 Å². The van der Waals surface area contributed by atoms with Crippen LogP contribution in [0, 0.1) is 24.1 Å². The number of nitriles is 1. The lowest BCUT2D eigenvalue weighted by atomic mass is 9.63. The van der Waals surface area contributed by atoms with E-state index in [2.05, 4.69) is 10.3 Å². The van der Waals surface area contributed by atoms with E-state index in [0.29, 0.717) is 16.6 Å². The van der Waals surface area contributed by atoms with Crippen molar-refractivity contribution in [2.45, 2.75) is 50.4 Å². The first-order chi connectivity index (χ1) is 15.7. The maximum absolute atomic E-state index is 14.6. The fraction of sp³-hybridized carbons (Fsp3) is 0.333. The molecular weight excluding hydrogens is 474 g/mol. The summed E-state index contributed by atoms with van der Waals surface area (Å²) in [6.45, 7) is 4.48. The van der Waals surface area contributed by atoms with Crippen LogP contribution >= 0.6 is 11.6 Å². The van der Waals surface area contributed by atoms with Crippen LogP contribution in [0.5, 0.6) is 5.75 Å². The second-order valence-corrected chi connectivity index (χ2v) is 9.57. The Bertz CT molecular complexity index is 1370. The van der Waals surface area contributed by atoms with Crippen LogP contribution in [0.1, 0.15) is 48.7 Å². The first-order valence-electron chi connectivity index (χ1n) is 10.3. The molecular formula is C24H20ClF4N3O2. The minimum Gasteiger partial charge on any atom is -0.505 e. The highest BCUT2D eigenvalue weighted by atomic mass is 35.5. The Hall–Kier alpha value is -3.09. The zero-order valence-electron chi connectivity index (χ0n) is 18.3. The fourth-order valence-electron chi connectivity index (χ4n) is 4.84. The molecule has 1 aliphatic rings. The molecule has 1 aliphatic carbocycles. The average molecular weight is 494 g/mol. The molecule has 34 heavy (non-hydrogen) atoms. The molecule has 4 rings (SSSR count). The van der Waals surface area contributed by atoms with Crippen LogP contribution in [0.15, 0.2) is 30.3 Å². The number of phenols is 1. The van der Waals surface area contributed by atoms with Crippen molar-refractivity contribution in [2.75, 3.05) is 5.32 Å². The van der Waals surface area contributed by atoms with E-state index in [0.717, 1.165) is 6.07 Å². The third-order valence-electron chi connectivity index (χ3n) is 6.31. The Morgan fingerprint density at radius 3 is 2.53 bits per heavy atom. The standard InChI is InChI=1S/C24H20ClF4N3O2/c1-11-4-5-13-16(31-11)7-6-15(25)19(13)32-21-14-8-12(9-30)18(26)20(33)17(14)22(2,3)10-23(21,34)24(27,28)29/h4-8,21,32-34H,10H2,1-3H3. The summed E-state index contributed by atoms with van der Waals surface area (Å²) in [6, 6.07) is 6.93. The highest BCUT2D eigenvalue weighted by molar-refractivity contribution is 6.34. The van der Waals surface area contributed by atoms with Gasteiger partial charge in [-0.1, -0.05) is 25.4 Å². The summed E-state index contributed by atoms with van der Waals surface area (Å²) in [5.41, 5.74) is -4.64. The van der Waals surface area contributed by atoms with Gasteiger partial charge in [0.1, 0.15) is 6.07 Å². The van der Waals surface area contributed by atoms with E-state index in [4.69, 9.17) is 11.6 Å². The molecule has 0 amide bonds. The number of benzene rings is 2. The zero-order chi connectivity index (χ0) is 25.2. The van der Waals surface area contributed by atoms with Crippen LogP contribution in [0.25, 0.3) is 10.9 Å². The molecule has 2 aromatic carbocycles. The van der Waals surface area contributed by atoms with Crippen molar-refractivity contribution in [3.8, 4) is 11.8 Å². The topological polar surface area (TPSA) is 89.2 Å². The molecule has 0 spiro atoms. The monoisotopic (exact) mass is 493 g/mol. The molecule has 3 aromatic rings. The SMILES string of the molecule is Cc1ccc2c(NC3c4cc(C#N)c(F)c(O)c4C(C)(C)CC3(O)C(F)(F)F)c(Cl)ccc2n1. The number of hydrogen-bond acceptors (Lipinski definition) is 5. The lowest BCUT2D eigenvalue weighted by molar-refractivity contribution is -0.276. The zero-order valence-corrected chi connectivity index (χ0v) is 19.1. The number of nitrogens with one attached hydrogen (secondary N) is 1. The largest absolute Gasteiger partial charge is 0.505 e. The van der Waals surface area contributed by atoms with E-state index in [-0.39, 0.29) is 21.8 Å². The molecule has 2 atom stereocenters. The minimum atomic E-state index is -5.12. The number of fused-ring (bicyclic) bond motifs is 2. The quantitative estimate of drug-likeness (QED) is 0.379. The van der Waals surface area contributed by atoms with Crippen molar-refractivity contribution >= 4 is 28.2 Å². The number of hydrogen-bond donors (Lipinski definition) is 3. The number of phenolic OH excluding ortho intramolecular Hbond substituents is 1. The summed E-state index contributed by atoms with van der Waals surface area (Å²) < 4.78 is 57.8. The van der Waals surface area contributed by atoms with Gasteiger partial charge in [-0.3, -0.25) is 4.98 Å². The fourth-order valence-corrected chi connectivity index (χ4v) is 5.06. The van der Waals surface area contributed by atoms with Crippen molar-refractivity contribution in [2.24, 2.45) is 0 Å². The minimum absolute atomic E-state index is 0.0703. The van der Waals surface area contributed by atoms with Crippen LogP contribution in [-0.4, -0.2) is 27.0 Å². The summed E-state index contributed by atoms with van der Waals surface area (Å²) in [7, 11) is 0. The third-order valence-corrected chi connectivity index (χ3v) is 6.62. The lowest BCUT2D eigenvalue weighted by Gasteiger charge is -2.49. The number of rotatable bonds is 2. The second-order valence-electron chi connectivity index (χ2n) is 9.16. The van der Waals surface area contributed by atoms with Gasteiger partial charge in [0.15, 0.2) is 17.2 Å². The molecule has 2 unspecified atom stereocenters. The number of pyridine rings is 1. The van der Waals surface area contributed by atoms with Gasteiger partial charge in [-0.25, -0.2) is 4.39 Å². The van der Waals surface area contributed by atoms with Gasteiger partial charge in [-0.05, 0) is 54.7 Å². The van der Waals surface area contributed by atoms with Crippen molar-refractivity contribution in [3.05, 3.63) is 63.6 Å². The highest BCUT2D eigenvalue weighted by Crippen LogP contribution is 2.57. The number of halogens is 5. The van der Waals surface area contributed by atoms with Gasteiger partial charge in [-0.15, -0.1) is 0 Å². The van der Waals surface area contributed by atoms with E-state index in [1.165, 1.54) is 19.9 Å². The molecule has 10 heteroatoms. The van der Waals surface area contributed by atoms with Crippen molar-refractivity contribution in [1.29, 1.82) is 5.26 Å². The number of aliphatic hydroxyl groups is 1. The lowest BCUT2D eigenvalue weighted by Crippen LogP contribution is -2.58. The predicted molar refractivity (Wildman–Crippen MR) is 119 cm³/mol. The summed E-state index contributed by atoms with van der Waals surface area (Å²) in [5.74, 6) is -2.15. The number of aryl methyl sites for hydroxylation is 1. The summed E-state index contributed by atoms with van der Waals surface area (Å²) in [6.07, 6.45) is -6.00. The Balaban J connectivity index is 2.04. The van der Waals surface area contributed by atoms with E-state index in [1.54, 1.807) is 31.2 Å². The molecule has 0 fully saturated rings. The molecule has 0 radical (unpaired) electrons. The summed E-state index contributed by atoms with van der Waals surface area (Å²) in [4.78, 5) is 4.36. The molecule has 1 aromatic heterocycles. The number of anilines is 1. The summed E-state index contributed by atoms with van der Waals surface area (Å²) >= 11 is 6.35. The normalized spacial score (nSPS) is 21.7. The first kappa shape index (κ1) is 24.0. The van der Waals surface area contributed by atoms with Crippen molar-refractivity contribution in [1.82, 2.24) is 4.98 Å². The molecule has 178 valence electrons. The Morgan fingerprint density at radius 2 is 1.91 bits per heavy atom. The molecule has 3 N–H and O–H groups in total. The molecule has 1 heterocycles. The number of nitrogens with zero attached hydrogens (tertiary/aromatic N) is 2. The van der Waals surface area contributed by atoms with Gasteiger partial charge in [-0.2, -0.15) is 18.4 Å². The number of alkyl halides is 3. The first-order valence-corrected chi connectivity index (χ1v) is 10.7. The predicted octanol–water partition coefficient (Wildman–Crippen LogP) is 6.04. The van der Waals surface area contributed by atoms with Crippen LogP contribution in [0.4, 0.5) is 23.2 Å². The van der Waals surface area contributed by atoms with E-state index in [1.807, 2.05) is 0 Å². The Kier molecular flexibility index (Phi) is 5.46. The summed E-state index contributed by atoms with van der Waals surface area (Å²) in [5, 5.41) is 34.2. The number of aromatic hydroxyl groups is 1. The third kappa shape index (κ3) is 3.53. The van der Waals surface area contributed by atoms with Gasteiger partial charge in [0.05, 0.1) is 27.8 Å². The highest BCUT2D eigenvalue weighted by Gasteiger charge is 2.64. The Morgan fingerprint density at radius 1 is 1.24 bits per heavy atom. The molecule has 0 bridgehead atoms. The molecule has 0 saturated heterocycles. The van der Waals surface area contributed by atoms with Crippen molar-refractivity contribution in [3.63, 3.8) is 0 Å². The Labute approximate surface area is 197 Å². The van der Waals surface area contributed by atoms with Crippen molar-refractivity contribution < 1.29 is 27.8 Å². The number of aromatic nitrogens is 1. The van der Waals surface area contributed by atoms with Gasteiger partial charge >= 0.3 is 6.18 Å². The van der Waals surface area contributed by atoms with Crippen LogP contribution in [0.3, 0.4) is 0 Å². The van der Waals surface area contributed by atoms with Gasteiger partial charge < -0.3 is 15.5 Å². The average Bonchev–Trinajstić information content (AvgIpc) is 2.73. The maximum Gasteiger partial charge on any atom is 0.419 e. The van der Waals surface area contributed by atoms with Crippen LogP contribution in [0.2, 0.25) is 5.02 Å². The molecule has 5 nitrogen and oxygen atoms in total. The smallest absolute Gasteiger partial charge is 0.419 e. The van der Waals surface area contributed by atoms with Gasteiger partial charge in [0.25, 0.3) is 0 Å². The van der Waals surface area contributed by atoms with E-state index < -0.39 is 46.8 Å². The van der Waals surface area contributed by atoms with E-state index >= 15 is 0 Å². The van der Waals surface area contributed by atoms with Crippen LogP contribution < -0.4 is 5.32 Å². The molecule has 0 aliphatic heterocycles. The second kappa shape index (κ2) is 7.72. The van der Waals surface area contributed by atoms with E-state index in [9.17, 15) is 33.0 Å². The molecule has 0 saturated carbocycles. The van der Waals surface area contributed by atoms with Gasteiger partial charge in [0, 0.05) is 16.6 Å². The van der Waals surface area contributed by atoms with Crippen LogP contribution in [-0.2, 0) is 5.41 Å².